The quantitative estimate of drug-likeness (QED) is 0.389. The normalized spacial score (nSPS) is 22.0. The third-order valence-electron chi connectivity index (χ3n) is 5.68. The van der Waals surface area contributed by atoms with E-state index in [2.05, 4.69) is 5.32 Å². The molecule has 2 aliphatic rings. The van der Waals surface area contributed by atoms with Crippen molar-refractivity contribution in [2.24, 2.45) is 0 Å². The van der Waals surface area contributed by atoms with E-state index in [9.17, 15) is 14.4 Å². The Bertz CT molecular complexity index is 1140. The lowest BCUT2D eigenvalue weighted by molar-refractivity contribution is -0.260. The summed E-state index contributed by atoms with van der Waals surface area (Å²) in [7, 11) is 0. The van der Waals surface area contributed by atoms with Crippen LogP contribution in [0.3, 0.4) is 0 Å². The van der Waals surface area contributed by atoms with E-state index in [1.54, 1.807) is 0 Å². The van der Waals surface area contributed by atoms with Gasteiger partial charge in [0.05, 0.1) is 11.4 Å². The average Bonchev–Trinajstić information content (AvgIpc) is 3.46. The van der Waals surface area contributed by atoms with E-state index in [0.29, 0.717) is 11.1 Å². The van der Waals surface area contributed by atoms with Crippen LogP contribution in [-0.2, 0) is 28.7 Å². The minimum atomic E-state index is -2.07. The molecule has 11 heteroatoms. The lowest BCUT2D eigenvalue weighted by atomic mass is 10.0. The Labute approximate surface area is 223 Å². The van der Waals surface area contributed by atoms with Crippen molar-refractivity contribution in [3.63, 3.8) is 0 Å². The first-order chi connectivity index (χ1) is 17.3. The molecule has 0 radical (unpaired) electrons. The number of carbonyl (C=O) groups is 3. The Kier molecular flexibility index (Phi) is 8.25. The topological polar surface area (TPSA) is 94.2 Å². The number of hydrogen-bond acceptors (Lipinski definition) is 7. The molecule has 2 saturated heterocycles. The van der Waals surface area contributed by atoms with Gasteiger partial charge in [-0.25, -0.2) is 4.79 Å². The maximum absolute atomic E-state index is 13.7. The number of benzene rings is 2. The molecule has 2 aromatic rings. The van der Waals surface area contributed by atoms with Gasteiger partial charge in [0, 0.05) is 23.4 Å². The standard InChI is InChI=1S/C25H22Cl2N2O6S/c26-14-18(27)13-20(36)28-19-15-33-29(23(19)31)25(12-11-21(30)35-25)24(32)34-22(16-7-3-1-4-8-16)17-9-5-2-6-10-17/h1-10,14,19,22H,11-13,15H2,(H,28,36)/t19-,25?/m0/s1. The number of ether oxygens (including phenoxy) is 2. The summed E-state index contributed by atoms with van der Waals surface area (Å²) in [6, 6.07) is 17.3. The van der Waals surface area contributed by atoms with Gasteiger partial charge in [-0.3, -0.25) is 14.4 Å². The first-order valence-electron chi connectivity index (χ1n) is 11.1. The second-order valence-electron chi connectivity index (χ2n) is 8.15. The number of carbonyl (C=O) groups excluding carboxylic acids is 3. The van der Waals surface area contributed by atoms with Crippen molar-refractivity contribution in [3.8, 4) is 0 Å². The number of hydroxylamine groups is 2. The SMILES string of the molecule is O=C1CCC(C(=O)OC(c2ccccc2)c2ccccc2)(N2OC[C@H](NC(=S)CC(Cl)=CCl)C2=O)O1. The molecule has 2 fully saturated rings. The van der Waals surface area contributed by atoms with Crippen LogP contribution in [0, 0.1) is 0 Å². The molecule has 188 valence electrons. The van der Waals surface area contributed by atoms with Gasteiger partial charge >= 0.3 is 17.7 Å². The van der Waals surface area contributed by atoms with Crippen LogP contribution in [-0.4, -0.2) is 46.3 Å². The zero-order valence-corrected chi connectivity index (χ0v) is 21.2. The summed E-state index contributed by atoms with van der Waals surface area (Å²) in [5, 5.41) is 3.92. The molecule has 0 aromatic heterocycles. The van der Waals surface area contributed by atoms with Crippen molar-refractivity contribution in [2.45, 2.75) is 37.1 Å². The van der Waals surface area contributed by atoms with Crippen molar-refractivity contribution >= 4 is 58.3 Å². The fraction of sp³-hybridized carbons (Fsp3) is 0.280. The largest absolute Gasteiger partial charge is 0.448 e. The number of esters is 2. The summed E-state index contributed by atoms with van der Waals surface area (Å²) in [6.07, 6.45) is -0.886. The van der Waals surface area contributed by atoms with Crippen LogP contribution in [0.5, 0.6) is 0 Å². The zero-order valence-electron chi connectivity index (χ0n) is 18.9. The highest BCUT2D eigenvalue weighted by molar-refractivity contribution is 7.80. The lowest BCUT2D eigenvalue weighted by Crippen LogP contribution is -2.57. The van der Waals surface area contributed by atoms with Gasteiger partial charge in [0.15, 0.2) is 6.10 Å². The van der Waals surface area contributed by atoms with E-state index < -0.39 is 35.7 Å². The first-order valence-corrected chi connectivity index (χ1v) is 12.3. The second-order valence-corrected chi connectivity index (χ2v) is 9.34. The van der Waals surface area contributed by atoms with Gasteiger partial charge in [-0.2, -0.15) is 5.06 Å². The maximum Gasteiger partial charge on any atom is 0.376 e. The van der Waals surface area contributed by atoms with Gasteiger partial charge in [0.2, 0.25) is 0 Å². The van der Waals surface area contributed by atoms with Gasteiger partial charge in [-0.1, -0.05) is 96.1 Å². The number of amides is 1. The van der Waals surface area contributed by atoms with Crippen molar-refractivity contribution in [1.29, 1.82) is 0 Å². The molecule has 2 atom stereocenters. The molecule has 0 aliphatic carbocycles. The van der Waals surface area contributed by atoms with E-state index in [-0.39, 0.29) is 35.9 Å². The molecule has 36 heavy (non-hydrogen) atoms. The molecule has 2 aromatic carbocycles. The zero-order chi connectivity index (χ0) is 25.7. The fourth-order valence-corrected chi connectivity index (χ4v) is 4.55. The molecule has 0 bridgehead atoms. The lowest BCUT2D eigenvalue weighted by Gasteiger charge is -2.34. The van der Waals surface area contributed by atoms with Gasteiger partial charge in [0.1, 0.15) is 12.6 Å². The molecular weight excluding hydrogens is 527 g/mol. The Balaban J connectivity index is 1.58. The summed E-state index contributed by atoms with van der Waals surface area (Å²) in [6.45, 7) is -0.144. The number of nitrogens with one attached hydrogen (secondary N) is 1. The van der Waals surface area contributed by atoms with E-state index in [0.717, 1.165) is 5.06 Å². The number of rotatable bonds is 8. The van der Waals surface area contributed by atoms with Crippen LogP contribution in [0.1, 0.15) is 36.5 Å². The predicted molar refractivity (Wildman–Crippen MR) is 136 cm³/mol. The Morgan fingerprint density at radius 1 is 1.17 bits per heavy atom. The Morgan fingerprint density at radius 2 is 1.78 bits per heavy atom. The fourth-order valence-electron chi connectivity index (χ4n) is 3.96. The molecule has 8 nitrogen and oxygen atoms in total. The molecule has 1 unspecified atom stereocenters. The predicted octanol–water partition coefficient (Wildman–Crippen LogP) is 4.12. The van der Waals surface area contributed by atoms with Crippen LogP contribution in [0.15, 0.2) is 71.2 Å². The van der Waals surface area contributed by atoms with E-state index in [4.69, 9.17) is 49.7 Å². The second kappa shape index (κ2) is 11.4. The summed E-state index contributed by atoms with van der Waals surface area (Å²) >= 11 is 16.7. The number of hydrogen-bond donors (Lipinski definition) is 1. The summed E-state index contributed by atoms with van der Waals surface area (Å²) in [4.78, 5) is 44.9. The maximum atomic E-state index is 13.7. The van der Waals surface area contributed by atoms with Crippen LogP contribution in [0.25, 0.3) is 0 Å². The third-order valence-corrected chi connectivity index (χ3v) is 6.56. The first kappa shape index (κ1) is 26.1. The smallest absolute Gasteiger partial charge is 0.376 e. The molecule has 1 N–H and O–H groups in total. The summed E-state index contributed by atoms with van der Waals surface area (Å²) in [5.74, 6) is -2.20. The summed E-state index contributed by atoms with van der Waals surface area (Å²) in [5.41, 5.74) is 0.522. The highest BCUT2D eigenvalue weighted by Gasteiger charge is 2.60. The molecule has 2 aliphatic heterocycles. The third kappa shape index (κ3) is 5.54. The Morgan fingerprint density at radius 3 is 2.31 bits per heavy atom. The van der Waals surface area contributed by atoms with Crippen LogP contribution < -0.4 is 5.32 Å². The number of nitrogens with zero attached hydrogens (tertiary/aromatic N) is 1. The number of cyclic esters (lactones) is 1. The number of halogens is 2. The minimum absolute atomic E-state index is 0.0871. The van der Waals surface area contributed by atoms with Crippen molar-refractivity contribution in [2.75, 3.05) is 6.61 Å². The van der Waals surface area contributed by atoms with Crippen LogP contribution in [0.4, 0.5) is 0 Å². The van der Waals surface area contributed by atoms with Crippen LogP contribution in [0.2, 0.25) is 0 Å². The van der Waals surface area contributed by atoms with Crippen molar-refractivity contribution in [3.05, 3.63) is 82.4 Å². The highest BCUT2D eigenvalue weighted by Crippen LogP contribution is 2.37. The van der Waals surface area contributed by atoms with Gasteiger partial charge in [-0.15, -0.1) is 0 Å². The average molecular weight is 549 g/mol. The molecule has 0 spiro atoms. The number of thiocarbonyl (C=S) groups is 1. The van der Waals surface area contributed by atoms with Crippen molar-refractivity contribution in [1.82, 2.24) is 10.4 Å². The monoisotopic (exact) mass is 548 g/mol. The van der Waals surface area contributed by atoms with Gasteiger partial charge < -0.3 is 14.8 Å². The molecule has 4 rings (SSSR count). The minimum Gasteiger partial charge on any atom is -0.448 e. The molecule has 0 saturated carbocycles. The Hall–Kier alpha value is -2.98. The van der Waals surface area contributed by atoms with E-state index in [1.807, 2.05) is 60.7 Å². The molecular formula is C25H22Cl2N2O6S. The molecule has 1 amide bonds. The van der Waals surface area contributed by atoms with Gasteiger partial charge in [0.25, 0.3) is 5.91 Å². The van der Waals surface area contributed by atoms with E-state index in [1.165, 1.54) is 5.54 Å². The summed E-state index contributed by atoms with van der Waals surface area (Å²) < 4.78 is 11.4. The molecule has 2 heterocycles. The van der Waals surface area contributed by atoms with E-state index >= 15 is 0 Å². The highest BCUT2D eigenvalue weighted by atomic mass is 35.5. The van der Waals surface area contributed by atoms with Crippen molar-refractivity contribution < 1.29 is 28.7 Å². The van der Waals surface area contributed by atoms with Crippen LogP contribution >= 0.6 is 35.4 Å². The van der Waals surface area contributed by atoms with Gasteiger partial charge in [-0.05, 0) is 11.1 Å².